The summed E-state index contributed by atoms with van der Waals surface area (Å²) in [6.07, 6.45) is 0. The highest BCUT2D eigenvalue weighted by Gasteiger charge is 2.12. The van der Waals surface area contributed by atoms with Crippen molar-refractivity contribution in [3.63, 3.8) is 0 Å². The van der Waals surface area contributed by atoms with E-state index in [1.54, 1.807) is 12.1 Å². The van der Waals surface area contributed by atoms with Crippen LogP contribution in [0.15, 0.2) is 18.2 Å². The van der Waals surface area contributed by atoms with Crippen molar-refractivity contribution in [2.24, 2.45) is 5.73 Å². The Labute approximate surface area is 87.1 Å². The number of halogens is 1. The molecule has 3 nitrogen and oxygen atoms in total. The minimum Gasteiger partial charge on any atom is -0.318 e. The van der Waals surface area contributed by atoms with Gasteiger partial charge in [0.2, 0.25) is 0 Å². The lowest BCUT2D eigenvalue weighted by Gasteiger charge is -2.08. The number of carbonyl (C=O) groups is 1. The van der Waals surface area contributed by atoms with Crippen molar-refractivity contribution in [3.05, 3.63) is 34.3 Å². The Bertz CT molecular complexity index is 409. The normalized spacial score (nSPS) is 11.9. The number of hydrogen-bond acceptors (Lipinski definition) is 3. The van der Waals surface area contributed by atoms with Crippen molar-refractivity contribution >= 4 is 17.4 Å². The first-order valence-corrected chi connectivity index (χ1v) is 4.39. The lowest BCUT2D eigenvalue weighted by atomic mass is 10.0. The van der Waals surface area contributed by atoms with Crippen molar-refractivity contribution in [2.45, 2.75) is 13.0 Å². The van der Waals surface area contributed by atoms with Gasteiger partial charge < -0.3 is 5.73 Å². The molecule has 0 aliphatic heterocycles. The topological polar surface area (TPSA) is 66.9 Å². The molecule has 0 aliphatic rings. The zero-order valence-corrected chi connectivity index (χ0v) is 8.38. The number of nitrogens with zero attached hydrogens (tertiary/aromatic N) is 1. The third kappa shape index (κ3) is 2.32. The van der Waals surface area contributed by atoms with Gasteiger partial charge in [-0.3, -0.25) is 4.79 Å². The smallest absolute Gasteiger partial charge is 0.150 e. The van der Waals surface area contributed by atoms with Crippen LogP contribution >= 0.6 is 11.6 Å². The van der Waals surface area contributed by atoms with Crippen LogP contribution in [0, 0.1) is 11.3 Å². The molecule has 0 fully saturated rings. The summed E-state index contributed by atoms with van der Waals surface area (Å²) in [4.78, 5) is 11.0. The molecular weight excluding hydrogens is 200 g/mol. The van der Waals surface area contributed by atoms with E-state index < -0.39 is 6.04 Å². The van der Waals surface area contributed by atoms with Crippen molar-refractivity contribution < 1.29 is 4.79 Å². The average Bonchev–Trinajstić information content (AvgIpc) is 2.15. The predicted octanol–water partition coefficient (Wildman–Crippen LogP) is 1.80. The van der Waals surface area contributed by atoms with E-state index in [4.69, 9.17) is 22.6 Å². The Balaban J connectivity index is 3.17. The maximum absolute atomic E-state index is 11.0. The van der Waals surface area contributed by atoms with E-state index in [1.807, 2.05) is 6.07 Å². The Morgan fingerprint density at radius 2 is 2.21 bits per heavy atom. The first kappa shape index (κ1) is 10.7. The quantitative estimate of drug-likeness (QED) is 0.806. The zero-order chi connectivity index (χ0) is 10.7. The van der Waals surface area contributed by atoms with E-state index in [-0.39, 0.29) is 5.78 Å². The Morgan fingerprint density at radius 3 is 2.71 bits per heavy atom. The minimum atomic E-state index is -0.708. The molecule has 0 amide bonds. The first-order valence-electron chi connectivity index (χ1n) is 4.01. The Morgan fingerprint density at radius 1 is 1.57 bits per heavy atom. The number of nitrogens with two attached hydrogens (primary N) is 1. The summed E-state index contributed by atoms with van der Waals surface area (Å²) in [6, 6.07) is 5.93. The summed E-state index contributed by atoms with van der Waals surface area (Å²) in [5, 5.41) is 9.09. The second-order valence-electron chi connectivity index (χ2n) is 2.97. The number of nitriles is 1. The van der Waals surface area contributed by atoms with Gasteiger partial charge in [-0.05, 0) is 30.7 Å². The highest BCUT2D eigenvalue weighted by Crippen LogP contribution is 2.19. The van der Waals surface area contributed by atoms with Gasteiger partial charge >= 0.3 is 0 Å². The SMILES string of the molecule is CC(=O)C(N)c1cc(Cl)cc(C#N)c1. The van der Waals surface area contributed by atoms with E-state index in [9.17, 15) is 4.79 Å². The van der Waals surface area contributed by atoms with Crippen molar-refractivity contribution in [3.8, 4) is 6.07 Å². The Hall–Kier alpha value is -1.37. The summed E-state index contributed by atoms with van der Waals surface area (Å²) in [5.41, 5.74) is 6.59. The van der Waals surface area contributed by atoms with Gasteiger partial charge in [0, 0.05) is 5.02 Å². The van der Waals surface area contributed by atoms with Crippen LogP contribution in [-0.4, -0.2) is 5.78 Å². The van der Waals surface area contributed by atoms with Crippen LogP contribution < -0.4 is 5.73 Å². The molecule has 0 saturated carbocycles. The van der Waals surface area contributed by atoms with E-state index in [0.29, 0.717) is 16.1 Å². The molecule has 1 unspecified atom stereocenters. The van der Waals surface area contributed by atoms with Crippen LogP contribution in [0.3, 0.4) is 0 Å². The van der Waals surface area contributed by atoms with E-state index in [2.05, 4.69) is 0 Å². The molecule has 0 bridgehead atoms. The molecule has 0 heterocycles. The summed E-state index contributed by atoms with van der Waals surface area (Å²) in [6.45, 7) is 1.40. The van der Waals surface area contributed by atoms with Crippen LogP contribution in [0.25, 0.3) is 0 Å². The lowest BCUT2D eigenvalue weighted by molar-refractivity contribution is -0.118. The second kappa shape index (κ2) is 4.23. The third-order valence-corrected chi connectivity index (χ3v) is 2.06. The van der Waals surface area contributed by atoms with Gasteiger partial charge in [0.05, 0.1) is 17.7 Å². The van der Waals surface area contributed by atoms with Gasteiger partial charge in [-0.15, -0.1) is 0 Å². The maximum Gasteiger partial charge on any atom is 0.150 e. The van der Waals surface area contributed by atoms with Gasteiger partial charge in [-0.1, -0.05) is 11.6 Å². The molecule has 0 radical (unpaired) electrons. The van der Waals surface area contributed by atoms with Crippen LogP contribution in [0.5, 0.6) is 0 Å². The van der Waals surface area contributed by atoms with Crippen LogP contribution in [0.4, 0.5) is 0 Å². The van der Waals surface area contributed by atoms with Crippen molar-refractivity contribution in [1.82, 2.24) is 0 Å². The third-order valence-electron chi connectivity index (χ3n) is 1.85. The second-order valence-corrected chi connectivity index (χ2v) is 3.41. The monoisotopic (exact) mass is 208 g/mol. The standard InChI is InChI=1S/C10H9ClN2O/c1-6(14)10(13)8-2-7(5-12)3-9(11)4-8/h2-4,10H,13H2,1H3. The summed E-state index contributed by atoms with van der Waals surface area (Å²) < 4.78 is 0. The average molecular weight is 209 g/mol. The van der Waals surface area contributed by atoms with Gasteiger partial charge in [0.25, 0.3) is 0 Å². The molecule has 1 atom stereocenters. The Kier molecular flexibility index (Phi) is 3.23. The fourth-order valence-corrected chi connectivity index (χ4v) is 1.33. The van der Waals surface area contributed by atoms with E-state index >= 15 is 0 Å². The van der Waals surface area contributed by atoms with Crippen LogP contribution in [-0.2, 0) is 4.79 Å². The molecule has 0 aliphatic carbocycles. The molecular formula is C10H9ClN2O. The molecule has 1 aromatic rings. The molecule has 1 aromatic carbocycles. The number of carbonyl (C=O) groups excluding carboxylic acids is 1. The highest BCUT2D eigenvalue weighted by atomic mass is 35.5. The molecule has 14 heavy (non-hydrogen) atoms. The van der Waals surface area contributed by atoms with E-state index in [1.165, 1.54) is 13.0 Å². The highest BCUT2D eigenvalue weighted by molar-refractivity contribution is 6.30. The predicted molar refractivity (Wildman–Crippen MR) is 53.8 cm³/mol. The molecule has 1 rings (SSSR count). The number of ketones is 1. The number of hydrogen-bond donors (Lipinski definition) is 1. The first-order chi connectivity index (χ1) is 6.54. The lowest BCUT2D eigenvalue weighted by Crippen LogP contribution is -2.18. The van der Waals surface area contributed by atoms with Gasteiger partial charge in [-0.2, -0.15) is 5.26 Å². The molecule has 0 saturated heterocycles. The van der Waals surface area contributed by atoms with Gasteiger partial charge in [-0.25, -0.2) is 0 Å². The van der Waals surface area contributed by atoms with Crippen molar-refractivity contribution in [1.29, 1.82) is 5.26 Å². The van der Waals surface area contributed by atoms with Gasteiger partial charge in [0.15, 0.2) is 5.78 Å². The van der Waals surface area contributed by atoms with Crippen molar-refractivity contribution in [2.75, 3.05) is 0 Å². The van der Waals surface area contributed by atoms with E-state index in [0.717, 1.165) is 0 Å². The molecule has 0 spiro atoms. The zero-order valence-electron chi connectivity index (χ0n) is 7.62. The fourth-order valence-electron chi connectivity index (χ4n) is 1.09. The summed E-state index contributed by atoms with van der Waals surface area (Å²) in [5.74, 6) is -0.156. The largest absolute Gasteiger partial charge is 0.318 e. The number of Topliss-reactive ketones (excluding diaryl/α,β-unsaturated/α-hetero) is 1. The number of rotatable bonds is 2. The van der Waals surface area contributed by atoms with Gasteiger partial charge in [0.1, 0.15) is 0 Å². The fraction of sp³-hybridized carbons (Fsp3) is 0.200. The van der Waals surface area contributed by atoms with Crippen LogP contribution in [0.2, 0.25) is 5.02 Å². The number of benzene rings is 1. The summed E-state index contributed by atoms with van der Waals surface area (Å²) in [7, 11) is 0. The molecule has 2 N–H and O–H groups in total. The summed E-state index contributed by atoms with van der Waals surface area (Å²) >= 11 is 5.76. The molecule has 0 aromatic heterocycles. The molecule has 4 heteroatoms. The minimum absolute atomic E-state index is 0.156. The maximum atomic E-state index is 11.0. The van der Waals surface area contributed by atoms with Crippen LogP contribution in [0.1, 0.15) is 24.1 Å². The molecule has 72 valence electrons.